The lowest BCUT2D eigenvalue weighted by atomic mass is 10.00. The van der Waals surface area contributed by atoms with E-state index >= 15 is 0 Å². The van der Waals surface area contributed by atoms with Crippen LogP contribution in [0.1, 0.15) is 29.5 Å². The number of rotatable bonds is 3. The van der Waals surface area contributed by atoms with Gasteiger partial charge < -0.3 is 5.32 Å². The number of piperidine rings is 1. The van der Waals surface area contributed by atoms with Crippen LogP contribution in [0.5, 0.6) is 0 Å². The van der Waals surface area contributed by atoms with Crippen molar-refractivity contribution in [1.29, 1.82) is 0 Å². The number of fused-ring (bicyclic) bond motifs is 1. The van der Waals surface area contributed by atoms with Gasteiger partial charge in [0.15, 0.2) is 0 Å². The third-order valence-electron chi connectivity index (χ3n) is 4.47. The van der Waals surface area contributed by atoms with Gasteiger partial charge >= 0.3 is 6.18 Å². The molecule has 0 unspecified atom stereocenters. The SMILES string of the molecule is Cc1c(Br)cc2c(c1NC1CCN(CC(F)(F)F)CC1)C=NC2. The fourth-order valence-corrected chi connectivity index (χ4v) is 3.69. The fourth-order valence-electron chi connectivity index (χ4n) is 3.21. The third kappa shape index (κ3) is 3.88. The van der Waals surface area contributed by atoms with Crippen molar-refractivity contribution in [2.75, 3.05) is 25.0 Å². The van der Waals surface area contributed by atoms with Gasteiger partial charge in [-0.25, -0.2) is 0 Å². The van der Waals surface area contributed by atoms with Crippen molar-refractivity contribution >= 4 is 27.8 Å². The standard InChI is InChI=1S/C16H19BrF3N3/c1-10-14(17)6-11-7-21-8-13(11)15(10)22-12-2-4-23(5-3-12)9-16(18,19)20/h6,8,12,22H,2-5,7,9H2,1H3. The molecule has 3 nitrogen and oxygen atoms in total. The number of anilines is 1. The number of benzene rings is 1. The molecular weight excluding hydrogens is 371 g/mol. The van der Waals surface area contributed by atoms with Crippen molar-refractivity contribution in [2.45, 2.75) is 38.5 Å². The molecule has 2 aliphatic heterocycles. The highest BCUT2D eigenvalue weighted by atomic mass is 79.9. The van der Waals surface area contributed by atoms with Crippen molar-refractivity contribution in [3.05, 3.63) is 27.2 Å². The Hall–Kier alpha value is -1.08. The largest absolute Gasteiger partial charge is 0.401 e. The topological polar surface area (TPSA) is 27.6 Å². The molecule has 0 aromatic heterocycles. The van der Waals surface area contributed by atoms with Gasteiger partial charge in [0, 0.05) is 41.1 Å². The average molecular weight is 390 g/mol. The molecule has 126 valence electrons. The van der Waals surface area contributed by atoms with Crippen molar-refractivity contribution < 1.29 is 13.2 Å². The first-order valence-electron chi connectivity index (χ1n) is 7.71. The Labute approximate surface area is 142 Å². The molecule has 0 atom stereocenters. The minimum atomic E-state index is -4.11. The Morgan fingerprint density at radius 2 is 2.04 bits per heavy atom. The molecule has 1 aromatic carbocycles. The Morgan fingerprint density at radius 3 is 2.70 bits per heavy atom. The van der Waals surface area contributed by atoms with Gasteiger partial charge in [0.25, 0.3) is 0 Å². The first-order chi connectivity index (χ1) is 10.8. The molecule has 1 saturated heterocycles. The minimum Gasteiger partial charge on any atom is -0.381 e. The molecule has 0 amide bonds. The summed E-state index contributed by atoms with van der Waals surface area (Å²) in [6, 6.07) is 2.29. The first-order valence-corrected chi connectivity index (χ1v) is 8.50. The maximum atomic E-state index is 12.5. The van der Waals surface area contributed by atoms with Crippen molar-refractivity contribution in [2.24, 2.45) is 4.99 Å². The van der Waals surface area contributed by atoms with E-state index in [4.69, 9.17) is 0 Å². The van der Waals surface area contributed by atoms with Crippen LogP contribution < -0.4 is 5.32 Å². The van der Waals surface area contributed by atoms with Crippen molar-refractivity contribution in [3.8, 4) is 0 Å². The zero-order valence-electron chi connectivity index (χ0n) is 12.9. The number of aliphatic imine (C=N–C) groups is 1. The second kappa shape index (κ2) is 6.43. The van der Waals surface area contributed by atoms with Gasteiger partial charge in [-0.2, -0.15) is 13.2 Å². The molecule has 2 aliphatic rings. The summed E-state index contributed by atoms with van der Waals surface area (Å²) in [6.07, 6.45) is -0.795. The van der Waals surface area contributed by atoms with Crippen LogP contribution in [0.4, 0.5) is 18.9 Å². The summed E-state index contributed by atoms with van der Waals surface area (Å²) in [5.41, 5.74) is 4.47. The van der Waals surface area contributed by atoms with E-state index in [0.717, 1.165) is 21.3 Å². The van der Waals surface area contributed by atoms with Gasteiger partial charge in [-0.3, -0.25) is 9.89 Å². The summed E-state index contributed by atoms with van der Waals surface area (Å²) in [6.45, 7) is 2.86. The fraction of sp³-hybridized carbons (Fsp3) is 0.562. The molecule has 0 saturated carbocycles. The van der Waals surface area contributed by atoms with Crippen LogP contribution in [0.25, 0.3) is 0 Å². The second-order valence-corrected chi connectivity index (χ2v) is 7.07. The molecule has 23 heavy (non-hydrogen) atoms. The summed E-state index contributed by atoms with van der Waals surface area (Å²) in [5.74, 6) is 0. The predicted octanol–water partition coefficient (Wildman–Crippen LogP) is 4.13. The van der Waals surface area contributed by atoms with E-state index in [1.54, 1.807) is 0 Å². The smallest absolute Gasteiger partial charge is 0.381 e. The lowest BCUT2D eigenvalue weighted by Gasteiger charge is -2.34. The van der Waals surface area contributed by atoms with Gasteiger partial charge in [0.1, 0.15) is 0 Å². The molecule has 3 rings (SSSR count). The van der Waals surface area contributed by atoms with Crippen LogP contribution in [0, 0.1) is 6.92 Å². The van der Waals surface area contributed by atoms with Crippen LogP contribution in [0.2, 0.25) is 0 Å². The normalized spacial score (nSPS) is 19.2. The summed E-state index contributed by atoms with van der Waals surface area (Å²) in [5, 5.41) is 3.54. The quantitative estimate of drug-likeness (QED) is 0.841. The summed E-state index contributed by atoms with van der Waals surface area (Å²) in [4.78, 5) is 5.80. The maximum Gasteiger partial charge on any atom is 0.401 e. The lowest BCUT2D eigenvalue weighted by Crippen LogP contribution is -2.43. The Morgan fingerprint density at radius 1 is 1.35 bits per heavy atom. The highest BCUT2D eigenvalue weighted by Crippen LogP contribution is 2.34. The molecule has 0 radical (unpaired) electrons. The van der Waals surface area contributed by atoms with E-state index in [1.165, 1.54) is 10.5 Å². The molecule has 7 heteroatoms. The van der Waals surface area contributed by atoms with Crippen molar-refractivity contribution in [3.63, 3.8) is 0 Å². The van der Waals surface area contributed by atoms with Crippen LogP contribution >= 0.6 is 15.9 Å². The van der Waals surface area contributed by atoms with Gasteiger partial charge in [-0.1, -0.05) is 15.9 Å². The number of likely N-dealkylation sites (tertiary alicyclic amines) is 1. The summed E-state index contributed by atoms with van der Waals surface area (Å²) in [7, 11) is 0. The summed E-state index contributed by atoms with van der Waals surface area (Å²) < 4.78 is 38.4. The molecule has 0 bridgehead atoms. The molecule has 0 aliphatic carbocycles. The Bertz CT molecular complexity index is 620. The van der Waals surface area contributed by atoms with Crippen LogP contribution in [-0.2, 0) is 6.54 Å². The average Bonchev–Trinajstić information content (AvgIpc) is 2.92. The van der Waals surface area contributed by atoms with Gasteiger partial charge in [0.05, 0.1) is 13.1 Å². The Balaban J connectivity index is 1.67. The maximum absolute atomic E-state index is 12.5. The Kier molecular flexibility index (Phi) is 4.69. The summed E-state index contributed by atoms with van der Waals surface area (Å²) >= 11 is 3.58. The van der Waals surface area contributed by atoms with Crippen molar-refractivity contribution in [1.82, 2.24) is 4.90 Å². The molecule has 1 N–H and O–H groups in total. The molecule has 1 fully saturated rings. The van der Waals surface area contributed by atoms with E-state index in [2.05, 4.69) is 32.3 Å². The van der Waals surface area contributed by atoms with E-state index in [9.17, 15) is 13.2 Å². The third-order valence-corrected chi connectivity index (χ3v) is 5.29. The lowest BCUT2D eigenvalue weighted by molar-refractivity contribution is -0.147. The van der Waals surface area contributed by atoms with Gasteiger partial charge in [-0.05, 0) is 37.0 Å². The number of alkyl halides is 3. The zero-order valence-corrected chi connectivity index (χ0v) is 14.5. The van der Waals surface area contributed by atoms with E-state index in [1.807, 2.05) is 13.1 Å². The first kappa shape index (κ1) is 16.8. The zero-order chi connectivity index (χ0) is 16.6. The second-order valence-electron chi connectivity index (χ2n) is 6.21. The van der Waals surface area contributed by atoms with Gasteiger partial charge in [0.2, 0.25) is 0 Å². The molecule has 2 heterocycles. The van der Waals surface area contributed by atoms with E-state index in [-0.39, 0.29) is 6.04 Å². The number of halogens is 4. The number of nitrogens with one attached hydrogen (secondary N) is 1. The van der Waals surface area contributed by atoms with E-state index in [0.29, 0.717) is 32.5 Å². The molecule has 1 aromatic rings. The number of nitrogens with zero attached hydrogens (tertiary/aromatic N) is 2. The van der Waals surface area contributed by atoms with Gasteiger partial charge in [-0.15, -0.1) is 0 Å². The minimum absolute atomic E-state index is 0.200. The highest BCUT2D eigenvalue weighted by molar-refractivity contribution is 9.10. The predicted molar refractivity (Wildman–Crippen MR) is 89.3 cm³/mol. The van der Waals surface area contributed by atoms with E-state index < -0.39 is 12.7 Å². The molecule has 0 spiro atoms. The van der Waals surface area contributed by atoms with Crippen LogP contribution in [0.15, 0.2) is 15.5 Å². The van der Waals surface area contributed by atoms with Crippen LogP contribution in [0.3, 0.4) is 0 Å². The molecular formula is C16H19BrF3N3. The number of hydrogen-bond acceptors (Lipinski definition) is 3. The van der Waals surface area contributed by atoms with Crippen LogP contribution in [-0.4, -0.2) is 43.0 Å². The highest BCUT2D eigenvalue weighted by Gasteiger charge is 2.32. The number of hydrogen-bond donors (Lipinski definition) is 1. The monoisotopic (exact) mass is 389 g/mol.